The normalized spacial score (nSPS) is 11.0. The van der Waals surface area contributed by atoms with Gasteiger partial charge < -0.3 is 9.47 Å². The average molecular weight is 535 g/mol. The molecule has 0 unspecified atom stereocenters. The van der Waals surface area contributed by atoms with Crippen LogP contribution in [0, 0.1) is 14.1 Å². The maximum atomic E-state index is 13.6. The van der Waals surface area contributed by atoms with Gasteiger partial charge in [0.05, 0.1) is 30.2 Å². The Kier molecular flexibility index (Phi) is 6.09. The highest BCUT2D eigenvalue weighted by Gasteiger charge is 2.21. The van der Waals surface area contributed by atoms with E-state index in [1.807, 2.05) is 0 Å². The first-order valence-electron chi connectivity index (χ1n) is 9.10. The molecule has 0 N–H and O–H groups in total. The number of hydrogen-bond acceptors (Lipinski definition) is 8. The van der Waals surface area contributed by atoms with Gasteiger partial charge in [0.15, 0.2) is 9.60 Å². The second kappa shape index (κ2) is 8.81. The molecule has 0 spiro atoms. The summed E-state index contributed by atoms with van der Waals surface area (Å²) in [6, 6.07) is 11.1. The Hall–Kier alpha value is -3.09. The molecule has 0 aliphatic rings. The molecular weight excluding hydrogens is 520 g/mol. The molecule has 0 radical (unpaired) electrons. The minimum absolute atomic E-state index is 0.0404. The SMILES string of the molecule is COc1ccc(OC)c(-n2c(CBr)nc3c(sc(=S)n3-c3ccc([N+](=O)[O-])cc3)c2=O)c1. The van der Waals surface area contributed by atoms with Gasteiger partial charge in [-0.2, -0.15) is 0 Å². The Morgan fingerprint density at radius 1 is 1.16 bits per heavy atom. The van der Waals surface area contributed by atoms with Crippen molar-refractivity contribution in [1.82, 2.24) is 14.1 Å². The second-order valence-electron chi connectivity index (χ2n) is 6.47. The fourth-order valence-electron chi connectivity index (χ4n) is 3.26. The summed E-state index contributed by atoms with van der Waals surface area (Å²) in [5.41, 5.74) is 1.10. The Morgan fingerprint density at radius 3 is 2.47 bits per heavy atom. The predicted octanol–water partition coefficient (Wildman–Crippen LogP) is 4.79. The van der Waals surface area contributed by atoms with Crippen LogP contribution in [0.1, 0.15) is 5.82 Å². The number of hydrogen-bond donors (Lipinski definition) is 0. The van der Waals surface area contributed by atoms with Gasteiger partial charge >= 0.3 is 0 Å². The van der Waals surface area contributed by atoms with Crippen LogP contribution in [0.3, 0.4) is 0 Å². The predicted molar refractivity (Wildman–Crippen MR) is 128 cm³/mol. The fourth-order valence-corrected chi connectivity index (χ4v) is 4.94. The van der Waals surface area contributed by atoms with Gasteiger partial charge in [0, 0.05) is 23.9 Å². The molecule has 0 aliphatic carbocycles. The number of nitro groups is 1. The molecule has 0 saturated heterocycles. The van der Waals surface area contributed by atoms with Gasteiger partial charge in [-0.15, -0.1) is 0 Å². The maximum Gasteiger partial charge on any atom is 0.277 e. The minimum atomic E-state index is -0.476. The quantitative estimate of drug-likeness (QED) is 0.152. The topological polar surface area (TPSA) is 101 Å². The van der Waals surface area contributed by atoms with Crippen molar-refractivity contribution in [3.8, 4) is 22.9 Å². The summed E-state index contributed by atoms with van der Waals surface area (Å²) in [6.07, 6.45) is 0. The van der Waals surface area contributed by atoms with Crippen LogP contribution in [0.15, 0.2) is 47.3 Å². The molecule has 4 rings (SSSR count). The van der Waals surface area contributed by atoms with Gasteiger partial charge in [0.2, 0.25) is 0 Å². The lowest BCUT2D eigenvalue weighted by Crippen LogP contribution is -2.23. The highest BCUT2D eigenvalue weighted by Crippen LogP contribution is 2.30. The lowest BCUT2D eigenvalue weighted by atomic mass is 10.2. The summed E-state index contributed by atoms with van der Waals surface area (Å²) in [7, 11) is 3.06. The van der Waals surface area contributed by atoms with Crippen LogP contribution in [0.5, 0.6) is 11.5 Å². The van der Waals surface area contributed by atoms with Crippen molar-refractivity contribution in [1.29, 1.82) is 0 Å². The van der Waals surface area contributed by atoms with Crippen LogP contribution in [0.4, 0.5) is 5.69 Å². The van der Waals surface area contributed by atoms with Gasteiger partial charge in [-0.3, -0.25) is 24.0 Å². The van der Waals surface area contributed by atoms with Crippen molar-refractivity contribution in [2.75, 3.05) is 14.2 Å². The van der Waals surface area contributed by atoms with Crippen molar-refractivity contribution < 1.29 is 14.4 Å². The van der Waals surface area contributed by atoms with Gasteiger partial charge in [0.1, 0.15) is 22.0 Å². The van der Waals surface area contributed by atoms with E-state index in [0.29, 0.717) is 43.0 Å². The summed E-state index contributed by atoms with van der Waals surface area (Å²) in [4.78, 5) is 28.8. The highest BCUT2D eigenvalue weighted by molar-refractivity contribution is 9.08. The third kappa shape index (κ3) is 3.70. The van der Waals surface area contributed by atoms with Crippen LogP contribution in [0.2, 0.25) is 0 Å². The van der Waals surface area contributed by atoms with E-state index in [2.05, 4.69) is 15.9 Å². The van der Waals surface area contributed by atoms with Gasteiger partial charge in [-0.1, -0.05) is 27.3 Å². The average Bonchev–Trinajstić information content (AvgIpc) is 3.14. The van der Waals surface area contributed by atoms with Crippen molar-refractivity contribution in [2.24, 2.45) is 0 Å². The first kappa shape index (κ1) is 22.1. The summed E-state index contributed by atoms with van der Waals surface area (Å²) < 4.78 is 14.6. The highest BCUT2D eigenvalue weighted by atomic mass is 79.9. The lowest BCUT2D eigenvalue weighted by Gasteiger charge is -2.15. The third-order valence-electron chi connectivity index (χ3n) is 4.74. The molecule has 0 amide bonds. The number of fused-ring (bicyclic) bond motifs is 1. The molecule has 0 fully saturated rings. The van der Waals surface area contributed by atoms with Gasteiger partial charge in [-0.05, 0) is 36.5 Å². The molecular formula is C20H15BrN4O5S2. The number of rotatable bonds is 6. The van der Waals surface area contributed by atoms with E-state index in [4.69, 9.17) is 26.7 Å². The molecule has 0 saturated carbocycles. The first-order chi connectivity index (χ1) is 15.4. The molecule has 9 nitrogen and oxygen atoms in total. The van der Waals surface area contributed by atoms with Crippen molar-refractivity contribution in [3.63, 3.8) is 0 Å². The zero-order chi connectivity index (χ0) is 23.0. The molecule has 2 heterocycles. The molecule has 0 bridgehead atoms. The molecule has 2 aromatic heterocycles. The number of alkyl halides is 1. The van der Waals surface area contributed by atoms with Crippen molar-refractivity contribution in [2.45, 2.75) is 5.33 Å². The molecule has 4 aromatic rings. The van der Waals surface area contributed by atoms with Crippen molar-refractivity contribution in [3.05, 3.63) is 72.7 Å². The van der Waals surface area contributed by atoms with Crippen LogP contribution in [0.25, 0.3) is 21.7 Å². The van der Waals surface area contributed by atoms with E-state index in [1.165, 1.54) is 30.9 Å². The number of ether oxygens (including phenoxy) is 2. The van der Waals surface area contributed by atoms with Crippen LogP contribution in [-0.2, 0) is 5.33 Å². The van der Waals surface area contributed by atoms with E-state index in [9.17, 15) is 14.9 Å². The largest absolute Gasteiger partial charge is 0.497 e. The Bertz CT molecular complexity index is 1460. The van der Waals surface area contributed by atoms with E-state index in [-0.39, 0.29) is 16.6 Å². The van der Waals surface area contributed by atoms with E-state index in [0.717, 1.165) is 11.3 Å². The molecule has 12 heteroatoms. The second-order valence-corrected chi connectivity index (χ2v) is 8.67. The third-order valence-corrected chi connectivity index (χ3v) is 6.60. The summed E-state index contributed by atoms with van der Waals surface area (Å²) in [5.74, 6) is 1.47. The first-order valence-corrected chi connectivity index (χ1v) is 11.4. The Morgan fingerprint density at radius 2 is 1.88 bits per heavy atom. The number of nitrogens with zero attached hydrogens (tertiary/aromatic N) is 4. The van der Waals surface area contributed by atoms with Crippen LogP contribution >= 0.6 is 39.5 Å². The Balaban J connectivity index is 2.01. The fraction of sp³-hybridized carbons (Fsp3) is 0.150. The van der Waals surface area contributed by atoms with E-state index >= 15 is 0 Å². The van der Waals surface area contributed by atoms with Gasteiger partial charge in [0.25, 0.3) is 11.2 Å². The number of aromatic nitrogens is 3. The number of non-ortho nitro benzene ring substituents is 1. The van der Waals surface area contributed by atoms with Crippen LogP contribution < -0.4 is 15.0 Å². The van der Waals surface area contributed by atoms with Crippen molar-refractivity contribution >= 4 is 55.5 Å². The summed E-state index contributed by atoms with van der Waals surface area (Å²) in [5, 5.41) is 11.3. The van der Waals surface area contributed by atoms with E-state index in [1.54, 1.807) is 34.9 Å². The number of nitro benzene ring substituents is 1. The Labute approximate surface area is 198 Å². The number of methoxy groups -OCH3 is 2. The molecule has 0 aliphatic heterocycles. The smallest absolute Gasteiger partial charge is 0.277 e. The number of thiazole rings is 1. The summed E-state index contributed by atoms with van der Waals surface area (Å²) in [6.45, 7) is 0. The van der Waals surface area contributed by atoms with Crippen LogP contribution in [-0.4, -0.2) is 33.3 Å². The number of halogens is 1. The zero-order valence-electron chi connectivity index (χ0n) is 16.8. The lowest BCUT2D eigenvalue weighted by molar-refractivity contribution is -0.384. The molecule has 2 aromatic carbocycles. The van der Waals surface area contributed by atoms with E-state index < -0.39 is 4.92 Å². The molecule has 164 valence electrons. The standard InChI is InChI=1S/C20H15BrN4O5S2/c1-29-13-7-8-15(30-2)14(9-13)24-16(10-21)22-18-17(19(24)26)32-20(31)23(18)11-3-5-12(6-4-11)25(27)28/h3-9H,10H2,1-2H3. The summed E-state index contributed by atoms with van der Waals surface area (Å²) >= 11 is 10.1. The molecule has 32 heavy (non-hydrogen) atoms. The monoisotopic (exact) mass is 534 g/mol. The zero-order valence-corrected chi connectivity index (χ0v) is 20.0. The molecule has 0 atom stereocenters. The minimum Gasteiger partial charge on any atom is -0.497 e. The number of benzene rings is 2. The van der Waals surface area contributed by atoms with Gasteiger partial charge in [-0.25, -0.2) is 4.98 Å². The maximum absolute atomic E-state index is 13.6.